The molecule has 2 aromatic heterocycles. The highest BCUT2D eigenvalue weighted by Gasteiger charge is 2.31. The summed E-state index contributed by atoms with van der Waals surface area (Å²) in [4.78, 5) is 19.7. The van der Waals surface area contributed by atoms with E-state index in [9.17, 15) is 4.79 Å². The summed E-state index contributed by atoms with van der Waals surface area (Å²) in [6.45, 7) is 2.52. The third kappa shape index (κ3) is 5.01. The van der Waals surface area contributed by atoms with Gasteiger partial charge in [-0.2, -0.15) is 0 Å². The van der Waals surface area contributed by atoms with Crippen molar-refractivity contribution in [3.05, 3.63) is 100 Å². The lowest BCUT2D eigenvalue weighted by atomic mass is 10.1. The van der Waals surface area contributed by atoms with Gasteiger partial charge in [0.05, 0.1) is 19.3 Å². The largest absolute Gasteiger partial charge is 0.465 e. The molecule has 4 aromatic rings. The number of ether oxygens (including phenoxy) is 1. The molecule has 2 aromatic carbocycles. The second kappa shape index (κ2) is 10.5. The molecule has 0 aliphatic heterocycles. The van der Waals surface area contributed by atoms with Crippen LogP contribution in [0.4, 0.5) is 11.4 Å². The van der Waals surface area contributed by atoms with Crippen LogP contribution < -0.4 is 4.90 Å². The van der Waals surface area contributed by atoms with Crippen molar-refractivity contribution >= 4 is 33.3 Å². The van der Waals surface area contributed by atoms with Gasteiger partial charge in [0.15, 0.2) is 5.76 Å². The molecule has 0 saturated carbocycles. The maximum atomic E-state index is 13.1. The quantitative estimate of drug-likeness (QED) is 0.238. The topological polar surface area (TPSA) is 55.6 Å². The van der Waals surface area contributed by atoms with Crippen LogP contribution in [0, 0.1) is 0 Å². The number of furan rings is 1. The number of aryl methyl sites for hydroxylation is 1. The fourth-order valence-corrected chi connectivity index (χ4v) is 4.06. The van der Waals surface area contributed by atoms with E-state index in [0.717, 1.165) is 27.8 Å². The molecule has 0 unspecified atom stereocenters. The standard InChI is InChI=1S/C27H25BrN2O3/c1-3-9-23-24(27(31)32-2)25(26(33-23)19-13-15-20(28)16-14-19)30(22-11-5-4-6-12-22)18-21-10-7-8-17-29-21/h4-8,10-17H,3,9,18H2,1-2H3. The number of nitrogens with zero attached hydrogens (tertiary/aromatic N) is 2. The van der Waals surface area contributed by atoms with Crippen LogP contribution in [0.2, 0.25) is 0 Å². The minimum absolute atomic E-state index is 0.414. The number of esters is 1. The van der Waals surface area contributed by atoms with Crippen LogP contribution in [-0.4, -0.2) is 18.1 Å². The summed E-state index contributed by atoms with van der Waals surface area (Å²) in [5.41, 5.74) is 3.82. The van der Waals surface area contributed by atoms with Crippen LogP contribution in [0.3, 0.4) is 0 Å². The molecule has 0 amide bonds. The van der Waals surface area contributed by atoms with Crippen LogP contribution in [-0.2, 0) is 17.7 Å². The second-order valence-electron chi connectivity index (χ2n) is 7.57. The monoisotopic (exact) mass is 504 g/mol. The molecule has 0 radical (unpaired) electrons. The van der Waals surface area contributed by atoms with Crippen LogP contribution >= 0.6 is 15.9 Å². The molecule has 6 heteroatoms. The molecule has 0 bridgehead atoms. The number of halogens is 1. The summed E-state index contributed by atoms with van der Waals surface area (Å²) in [5, 5.41) is 0. The van der Waals surface area contributed by atoms with Crippen molar-refractivity contribution in [2.24, 2.45) is 0 Å². The number of hydrogen-bond acceptors (Lipinski definition) is 5. The summed E-state index contributed by atoms with van der Waals surface area (Å²) >= 11 is 3.50. The first-order valence-corrected chi connectivity index (χ1v) is 11.6. The summed E-state index contributed by atoms with van der Waals surface area (Å²) in [5.74, 6) is 0.841. The number of pyridine rings is 1. The molecule has 2 heterocycles. The van der Waals surface area contributed by atoms with Crippen LogP contribution in [0.25, 0.3) is 11.3 Å². The van der Waals surface area contributed by atoms with Gasteiger partial charge < -0.3 is 14.1 Å². The van der Waals surface area contributed by atoms with Crippen LogP contribution in [0.15, 0.2) is 87.9 Å². The third-order valence-electron chi connectivity index (χ3n) is 5.31. The zero-order chi connectivity index (χ0) is 23.2. The van der Waals surface area contributed by atoms with E-state index in [2.05, 4.69) is 32.7 Å². The number of aromatic nitrogens is 1. The molecule has 33 heavy (non-hydrogen) atoms. The van der Waals surface area contributed by atoms with Gasteiger partial charge in [-0.15, -0.1) is 0 Å². The van der Waals surface area contributed by atoms with Crippen LogP contribution in [0.1, 0.15) is 35.2 Å². The van der Waals surface area contributed by atoms with Crippen molar-refractivity contribution in [1.29, 1.82) is 0 Å². The Morgan fingerprint density at radius 2 is 1.76 bits per heavy atom. The Balaban J connectivity index is 1.99. The fourth-order valence-electron chi connectivity index (χ4n) is 3.80. The molecule has 0 N–H and O–H groups in total. The zero-order valence-corrected chi connectivity index (χ0v) is 20.2. The van der Waals surface area contributed by atoms with Gasteiger partial charge in [-0.05, 0) is 42.8 Å². The third-order valence-corrected chi connectivity index (χ3v) is 5.84. The SMILES string of the molecule is CCCc1oc(-c2ccc(Br)cc2)c(N(Cc2ccccn2)c2ccccc2)c1C(=O)OC. The molecular formula is C27H25BrN2O3. The van der Waals surface area contributed by atoms with Crippen molar-refractivity contribution in [2.75, 3.05) is 12.0 Å². The molecule has 4 rings (SSSR count). The molecule has 168 valence electrons. The average molecular weight is 505 g/mol. The van der Waals surface area contributed by atoms with Gasteiger partial charge in [0.1, 0.15) is 17.0 Å². The van der Waals surface area contributed by atoms with Gasteiger partial charge in [0.25, 0.3) is 0 Å². The van der Waals surface area contributed by atoms with Gasteiger partial charge in [-0.1, -0.05) is 59.3 Å². The van der Waals surface area contributed by atoms with E-state index in [1.165, 1.54) is 7.11 Å². The van der Waals surface area contributed by atoms with Crippen LogP contribution in [0.5, 0.6) is 0 Å². The molecule has 0 aliphatic rings. The summed E-state index contributed by atoms with van der Waals surface area (Å²) < 4.78 is 12.6. The summed E-state index contributed by atoms with van der Waals surface area (Å²) in [7, 11) is 1.40. The maximum absolute atomic E-state index is 13.1. The Labute approximate surface area is 202 Å². The molecular weight excluding hydrogens is 480 g/mol. The van der Waals surface area contributed by atoms with Crippen molar-refractivity contribution in [2.45, 2.75) is 26.3 Å². The van der Waals surface area contributed by atoms with Crippen molar-refractivity contribution in [3.63, 3.8) is 0 Å². The Kier molecular flexibility index (Phi) is 7.25. The second-order valence-corrected chi connectivity index (χ2v) is 8.48. The van der Waals surface area contributed by atoms with E-state index >= 15 is 0 Å². The van der Waals surface area contributed by atoms with E-state index in [1.54, 1.807) is 6.20 Å². The lowest BCUT2D eigenvalue weighted by Crippen LogP contribution is -2.20. The highest BCUT2D eigenvalue weighted by molar-refractivity contribution is 9.10. The lowest BCUT2D eigenvalue weighted by molar-refractivity contribution is 0.0599. The predicted octanol–water partition coefficient (Wildman–Crippen LogP) is 7.18. The average Bonchev–Trinajstić information content (AvgIpc) is 3.22. The summed E-state index contributed by atoms with van der Waals surface area (Å²) in [6, 6.07) is 23.7. The maximum Gasteiger partial charge on any atom is 0.343 e. The van der Waals surface area contributed by atoms with E-state index < -0.39 is 5.97 Å². The van der Waals surface area contributed by atoms with E-state index in [-0.39, 0.29) is 0 Å². The molecule has 0 atom stereocenters. The number of methoxy groups -OCH3 is 1. The first-order valence-electron chi connectivity index (χ1n) is 10.8. The molecule has 0 spiro atoms. The number of hydrogen-bond donors (Lipinski definition) is 0. The van der Waals surface area contributed by atoms with Gasteiger partial charge >= 0.3 is 5.97 Å². The van der Waals surface area contributed by atoms with Crippen molar-refractivity contribution in [1.82, 2.24) is 4.98 Å². The number of rotatable bonds is 8. The van der Waals surface area contributed by atoms with Gasteiger partial charge in [-0.25, -0.2) is 4.79 Å². The number of anilines is 2. The predicted molar refractivity (Wildman–Crippen MR) is 134 cm³/mol. The lowest BCUT2D eigenvalue weighted by Gasteiger charge is -2.25. The normalized spacial score (nSPS) is 10.8. The highest BCUT2D eigenvalue weighted by atomic mass is 79.9. The first kappa shape index (κ1) is 22.8. The Hall–Kier alpha value is -3.38. The van der Waals surface area contributed by atoms with E-state index in [4.69, 9.17) is 9.15 Å². The number of carbonyl (C=O) groups is 1. The molecule has 0 saturated heterocycles. The Morgan fingerprint density at radius 3 is 2.39 bits per heavy atom. The smallest absolute Gasteiger partial charge is 0.343 e. The first-order chi connectivity index (χ1) is 16.1. The minimum atomic E-state index is -0.414. The van der Waals surface area contributed by atoms with E-state index in [1.807, 2.05) is 72.8 Å². The molecule has 0 aliphatic carbocycles. The zero-order valence-electron chi connectivity index (χ0n) is 18.6. The highest BCUT2D eigenvalue weighted by Crippen LogP contribution is 2.43. The molecule has 0 fully saturated rings. The van der Waals surface area contributed by atoms with E-state index in [0.29, 0.717) is 35.7 Å². The fraction of sp³-hybridized carbons (Fsp3) is 0.185. The minimum Gasteiger partial charge on any atom is -0.465 e. The molecule has 5 nitrogen and oxygen atoms in total. The Bertz CT molecular complexity index is 1210. The van der Waals surface area contributed by atoms with Crippen molar-refractivity contribution in [3.8, 4) is 11.3 Å². The van der Waals surface area contributed by atoms with Gasteiger partial charge in [0, 0.05) is 28.3 Å². The number of benzene rings is 2. The van der Waals surface area contributed by atoms with Gasteiger partial charge in [0.2, 0.25) is 0 Å². The van der Waals surface area contributed by atoms with Gasteiger partial charge in [-0.3, -0.25) is 4.98 Å². The van der Waals surface area contributed by atoms with Crippen molar-refractivity contribution < 1.29 is 13.9 Å². The Morgan fingerprint density at radius 1 is 1.03 bits per heavy atom. The number of para-hydroxylation sites is 1. The summed E-state index contributed by atoms with van der Waals surface area (Å²) in [6.07, 6.45) is 3.23. The number of carbonyl (C=O) groups excluding carboxylic acids is 1.